The highest BCUT2D eigenvalue weighted by molar-refractivity contribution is 8.00. The molecule has 0 bridgehead atoms. The number of hydrogen-bond donors (Lipinski definition) is 2. The fourth-order valence-corrected chi connectivity index (χ4v) is 3.97. The Bertz CT molecular complexity index is 1100. The van der Waals surface area contributed by atoms with Crippen molar-refractivity contribution in [1.29, 1.82) is 0 Å². The Morgan fingerprint density at radius 3 is 2.50 bits per heavy atom. The largest absolute Gasteiger partial charge is 0.486 e. The lowest BCUT2D eigenvalue weighted by molar-refractivity contribution is -0.115. The number of anilines is 1. The molecule has 1 heterocycles. The van der Waals surface area contributed by atoms with Crippen LogP contribution in [0.15, 0.2) is 47.6 Å². The van der Waals surface area contributed by atoms with Gasteiger partial charge in [-0.1, -0.05) is 67.9 Å². The van der Waals surface area contributed by atoms with Gasteiger partial charge >= 0.3 is 0 Å². The number of nitrogen functional groups attached to an aromatic ring is 1. The maximum absolute atomic E-state index is 12.5. The number of carbonyl (C=O) groups is 1. The Morgan fingerprint density at radius 1 is 1.19 bits per heavy atom. The summed E-state index contributed by atoms with van der Waals surface area (Å²) in [6, 6.07) is 12.8. The number of thioether (sulfide) groups is 1. The second-order valence-corrected chi connectivity index (χ2v) is 10.4. The number of nitrogens with one attached hydrogen (secondary N) is 1. The van der Waals surface area contributed by atoms with Gasteiger partial charge in [-0.05, 0) is 48.2 Å². The van der Waals surface area contributed by atoms with Crippen molar-refractivity contribution in [3.05, 3.63) is 63.9 Å². The summed E-state index contributed by atoms with van der Waals surface area (Å²) < 4.78 is 7.12. The summed E-state index contributed by atoms with van der Waals surface area (Å²) in [7, 11) is 0. The smallest absolute Gasteiger partial charge is 0.237 e. The van der Waals surface area contributed by atoms with Crippen LogP contribution in [0.5, 0.6) is 5.75 Å². The van der Waals surface area contributed by atoms with Crippen molar-refractivity contribution >= 4 is 46.6 Å². The van der Waals surface area contributed by atoms with Gasteiger partial charge in [-0.2, -0.15) is 0 Å². The third-order valence-corrected chi connectivity index (χ3v) is 6.27. The van der Waals surface area contributed by atoms with Gasteiger partial charge in [0, 0.05) is 5.02 Å². The van der Waals surface area contributed by atoms with E-state index < -0.39 is 5.25 Å². The minimum atomic E-state index is -0.494. The Labute approximate surface area is 201 Å². The molecular weight excluding hydrogens is 469 g/mol. The van der Waals surface area contributed by atoms with Crippen molar-refractivity contribution in [2.45, 2.75) is 50.1 Å². The number of ether oxygens (including phenoxy) is 1. The molecule has 32 heavy (non-hydrogen) atoms. The second kappa shape index (κ2) is 10.0. The van der Waals surface area contributed by atoms with E-state index in [0.29, 0.717) is 32.5 Å². The van der Waals surface area contributed by atoms with E-state index in [0.717, 1.165) is 0 Å². The third-order valence-electron chi connectivity index (χ3n) is 4.66. The topological polar surface area (TPSA) is 95.1 Å². The zero-order valence-electron chi connectivity index (χ0n) is 18.2. The van der Waals surface area contributed by atoms with Gasteiger partial charge in [0.25, 0.3) is 0 Å². The molecule has 1 aromatic heterocycles. The molecule has 2 aromatic carbocycles. The standard InChI is InChI=1S/C22H25Cl2N5O2S/c1-13(20(30)26-18-10-7-15(23)11-17(18)24)32-21-28-27-19(29(21)25)12-31-16-8-5-14(6-9-16)22(2,3)4/h5-11,13H,12,25H2,1-4H3,(H,26,30). The molecule has 1 amide bonds. The average molecular weight is 494 g/mol. The average Bonchev–Trinajstić information content (AvgIpc) is 3.07. The summed E-state index contributed by atoms with van der Waals surface area (Å²) in [5.41, 5.74) is 1.77. The van der Waals surface area contributed by atoms with Crippen molar-refractivity contribution in [3.63, 3.8) is 0 Å². The molecule has 0 spiro atoms. The number of aromatic nitrogens is 3. The number of carbonyl (C=O) groups excluding carboxylic acids is 1. The monoisotopic (exact) mass is 493 g/mol. The van der Waals surface area contributed by atoms with E-state index in [4.69, 9.17) is 33.8 Å². The molecule has 3 rings (SSSR count). The third kappa shape index (κ3) is 6.09. The Hall–Kier alpha value is -2.42. The highest BCUT2D eigenvalue weighted by Gasteiger charge is 2.20. The van der Waals surface area contributed by atoms with Crippen LogP contribution in [0.2, 0.25) is 10.0 Å². The van der Waals surface area contributed by atoms with E-state index >= 15 is 0 Å². The van der Waals surface area contributed by atoms with Crippen molar-refractivity contribution in [2.24, 2.45) is 0 Å². The number of amides is 1. The van der Waals surface area contributed by atoms with E-state index in [1.54, 1.807) is 25.1 Å². The lowest BCUT2D eigenvalue weighted by atomic mass is 9.87. The molecule has 0 saturated carbocycles. The number of nitrogens with zero attached hydrogens (tertiary/aromatic N) is 3. The van der Waals surface area contributed by atoms with Crippen molar-refractivity contribution < 1.29 is 9.53 Å². The minimum absolute atomic E-state index is 0.0734. The molecule has 3 N–H and O–H groups in total. The fraction of sp³-hybridized carbons (Fsp3) is 0.318. The predicted molar refractivity (Wildman–Crippen MR) is 130 cm³/mol. The number of rotatable bonds is 7. The molecule has 0 aliphatic rings. The first-order chi connectivity index (χ1) is 15.0. The molecular formula is C22H25Cl2N5O2S. The summed E-state index contributed by atoms with van der Waals surface area (Å²) in [5, 5.41) is 11.7. The highest BCUT2D eigenvalue weighted by Crippen LogP contribution is 2.28. The van der Waals surface area contributed by atoms with Gasteiger partial charge in [-0.3, -0.25) is 4.79 Å². The van der Waals surface area contributed by atoms with Crippen LogP contribution in [0.3, 0.4) is 0 Å². The maximum atomic E-state index is 12.5. The van der Waals surface area contributed by atoms with E-state index in [1.807, 2.05) is 24.3 Å². The normalized spacial score (nSPS) is 12.4. The highest BCUT2D eigenvalue weighted by atomic mass is 35.5. The van der Waals surface area contributed by atoms with Crippen LogP contribution >= 0.6 is 35.0 Å². The predicted octanol–water partition coefficient (Wildman–Crippen LogP) is 5.29. The van der Waals surface area contributed by atoms with Gasteiger partial charge in [-0.25, -0.2) is 4.68 Å². The van der Waals surface area contributed by atoms with Crippen molar-refractivity contribution in [3.8, 4) is 5.75 Å². The quantitative estimate of drug-likeness (QED) is 0.342. The lowest BCUT2D eigenvalue weighted by Gasteiger charge is -2.19. The van der Waals surface area contributed by atoms with Crippen LogP contribution in [0.4, 0.5) is 5.69 Å². The van der Waals surface area contributed by atoms with Crippen LogP contribution in [0.25, 0.3) is 0 Å². The molecule has 170 valence electrons. The minimum Gasteiger partial charge on any atom is -0.486 e. The fourth-order valence-electron chi connectivity index (χ4n) is 2.72. The summed E-state index contributed by atoms with van der Waals surface area (Å²) in [5.74, 6) is 7.02. The molecule has 0 saturated heterocycles. The molecule has 1 unspecified atom stereocenters. The van der Waals surface area contributed by atoms with Gasteiger partial charge in [0.15, 0.2) is 5.82 Å². The molecule has 7 nitrogen and oxygen atoms in total. The maximum Gasteiger partial charge on any atom is 0.237 e. The number of halogens is 2. The number of hydrogen-bond acceptors (Lipinski definition) is 6. The summed E-state index contributed by atoms with van der Waals surface area (Å²) >= 11 is 13.2. The van der Waals surface area contributed by atoms with Crippen LogP contribution in [0.1, 0.15) is 39.1 Å². The Balaban J connectivity index is 1.58. The van der Waals surface area contributed by atoms with E-state index in [1.165, 1.54) is 22.0 Å². The molecule has 0 aliphatic carbocycles. The van der Waals surface area contributed by atoms with Gasteiger partial charge < -0.3 is 15.9 Å². The zero-order chi connectivity index (χ0) is 23.5. The van der Waals surface area contributed by atoms with E-state index in [9.17, 15) is 4.79 Å². The van der Waals surface area contributed by atoms with Crippen LogP contribution < -0.4 is 15.9 Å². The van der Waals surface area contributed by atoms with Gasteiger partial charge in [0.2, 0.25) is 11.1 Å². The van der Waals surface area contributed by atoms with Crippen LogP contribution in [-0.4, -0.2) is 26.0 Å². The Morgan fingerprint density at radius 2 is 1.88 bits per heavy atom. The molecule has 3 aromatic rings. The van der Waals surface area contributed by atoms with Gasteiger partial charge in [0.1, 0.15) is 12.4 Å². The van der Waals surface area contributed by atoms with Crippen molar-refractivity contribution in [2.75, 3.05) is 11.2 Å². The Kier molecular flexibility index (Phi) is 7.59. The molecule has 0 radical (unpaired) electrons. The van der Waals surface area contributed by atoms with Crippen molar-refractivity contribution in [1.82, 2.24) is 14.9 Å². The van der Waals surface area contributed by atoms with E-state index in [2.05, 4.69) is 36.3 Å². The zero-order valence-corrected chi connectivity index (χ0v) is 20.6. The van der Waals surface area contributed by atoms with Gasteiger partial charge in [-0.15, -0.1) is 10.2 Å². The lowest BCUT2D eigenvalue weighted by Crippen LogP contribution is -2.24. The first kappa shape index (κ1) is 24.2. The van der Waals surface area contributed by atoms with Crippen LogP contribution in [0, 0.1) is 0 Å². The first-order valence-corrected chi connectivity index (χ1v) is 11.5. The number of nitrogens with two attached hydrogens (primary N) is 1. The number of benzene rings is 2. The molecule has 0 fully saturated rings. The molecule has 0 aliphatic heterocycles. The van der Waals surface area contributed by atoms with E-state index in [-0.39, 0.29) is 17.9 Å². The first-order valence-electron chi connectivity index (χ1n) is 9.90. The SMILES string of the molecule is CC(Sc1nnc(COc2ccc(C(C)(C)C)cc2)n1N)C(=O)Nc1ccc(Cl)cc1Cl. The van der Waals surface area contributed by atoms with Gasteiger partial charge in [0.05, 0.1) is 16.0 Å². The second-order valence-electron chi connectivity index (χ2n) is 8.21. The van der Waals surface area contributed by atoms with Crippen LogP contribution in [-0.2, 0) is 16.8 Å². The summed E-state index contributed by atoms with van der Waals surface area (Å²) in [6.07, 6.45) is 0. The molecule has 10 heteroatoms. The molecule has 1 atom stereocenters. The summed E-state index contributed by atoms with van der Waals surface area (Å²) in [6.45, 7) is 8.37. The summed E-state index contributed by atoms with van der Waals surface area (Å²) in [4.78, 5) is 12.5.